The summed E-state index contributed by atoms with van der Waals surface area (Å²) in [5.41, 5.74) is 1.38. The van der Waals surface area contributed by atoms with Crippen LogP contribution in [0.15, 0.2) is 43.0 Å². The van der Waals surface area contributed by atoms with E-state index in [0.717, 1.165) is 25.0 Å². The number of hydrogen-bond acceptors (Lipinski definition) is 7. The Labute approximate surface area is 184 Å². The Morgan fingerprint density at radius 1 is 1.23 bits per heavy atom. The number of fused-ring (bicyclic) bond motifs is 2. The zero-order chi connectivity index (χ0) is 21.4. The SMILES string of the molecule is Cc1ccc(-c2ncccn2)c(C(=O)N2CC3CCC2(COc2ncc(Cl)cn2)C3)n1. The Morgan fingerprint density at radius 2 is 2.00 bits per heavy atom. The number of likely N-dealkylation sites (tertiary alicyclic amines) is 1. The zero-order valence-corrected chi connectivity index (χ0v) is 17.8. The van der Waals surface area contributed by atoms with Crippen LogP contribution in [-0.2, 0) is 0 Å². The van der Waals surface area contributed by atoms with E-state index in [0.29, 0.717) is 41.2 Å². The third kappa shape index (κ3) is 3.72. The van der Waals surface area contributed by atoms with Gasteiger partial charge >= 0.3 is 6.01 Å². The van der Waals surface area contributed by atoms with Crippen LogP contribution in [0.3, 0.4) is 0 Å². The second kappa shape index (κ2) is 7.85. The minimum atomic E-state index is -0.398. The van der Waals surface area contributed by atoms with Gasteiger partial charge in [-0.3, -0.25) is 4.79 Å². The van der Waals surface area contributed by atoms with Crippen molar-refractivity contribution < 1.29 is 9.53 Å². The number of halogens is 1. The van der Waals surface area contributed by atoms with Crippen molar-refractivity contribution in [2.24, 2.45) is 5.92 Å². The van der Waals surface area contributed by atoms with Crippen molar-refractivity contribution in [3.05, 3.63) is 59.4 Å². The number of carbonyl (C=O) groups is 1. The average molecular weight is 437 g/mol. The molecule has 0 aromatic carbocycles. The quantitative estimate of drug-likeness (QED) is 0.605. The lowest BCUT2D eigenvalue weighted by molar-refractivity contribution is 0.0381. The summed E-state index contributed by atoms with van der Waals surface area (Å²) in [6.45, 7) is 2.90. The van der Waals surface area contributed by atoms with Crippen LogP contribution in [-0.4, -0.2) is 54.4 Å². The molecular formula is C22H21ClN6O2. The predicted octanol–water partition coefficient (Wildman–Crippen LogP) is 3.36. The molecule has 9 heteroatoms. The van der Waals surface area contributed by atoms with Gasteiger partial charge < -0.3 is 9.64 Å². The molecule has 0 radical (unpaired) electrons. The zero-order valence-electron chi connectivity index (χ0n) is 17.0. The van der Waals surface area contributed by atoms with Crippen molar-refractivity contribution in [3.8, 4) is 17.4 Å². The number of pyridine rings is 1. The number of ether oxygens (including phenoxy) is 1. The molecule has 2 aliphatic rings. The third-order valence-corrected chi connectivity index (χ3v) is 6.25. The molecule has 3 aromatic rings. The molecule has 0 spiro atoms. The summed E-state index contributed by atoms with van der Waals surface area (Å²) in [6.07, 6.45) is 9.17. The summed E-state index contributed by atoms with van der Waals surface area (Å²) in [5.74, 6) is 0.830. The lowest BCUT2D eigenvalue weighted by atomic mass is 9.97. The molecule has 3 aromatic heterocycles. The molecular weight excluding hydrogens is 416 g/mol. The van der Waals surface area contributed by atoms with Gasteiger partial charge in [0.05, 0.1) is 28.5 Å². The van der Waals surface area contributed by atoms with Crippen LogP contribution >= 0.6 is 11.6 Å². The van der Waals surface area contributed by atoms with Crippen LogP contribution in [0.5, 0.6) is 6.01 Å². The Hall–Kier alpha value is -3.13. The summed E-state index contributed by atoms with van der Waals surface area (Å²) in [7, 11) is 0. The number of nitrogens with zero attached hydrogens (tertiary/aromatic N) is 6. The van der Waals surface area contributed by atoms with E-state index in [9.17, 15) is 4.79 Å². The molecule has 1 aliphatic carbocycles. The van der Waals surface area contributed by atoms with Crippen molar-refractivity contribution in [2.75, 3.05) is 13.2 Å². The minimum absolute atomic E-state index is 0.117. The van der Waals surface area contributed by atoms with E-state index in [1.807, 2.05) is 24.0 Å². The van der Waals surface area contributed by atoms with Crippen molar-refractivity contribution in [2.45, 2.75) is 31.7 Å². The van der Waals surface area contributed by atoms with Gasteiger partial charge in [-0.15, -0.1) is 0 Å². The smallest absolute Gasteiger partial charge is 0.316 e. The topological polar surface area (TPSA) is 94.0 Å². The minimum Gasteiger partial charge on any atom is -0.461 e. The number of aromatic nitrogens is 5. The molecule has 1 amide bonds. The van der Waals surface area contributed by atoms with E-state index in [1.165, 1.54) is 12.4 Å². The van der Waals surface area contributed by atoms with Gasteiger partial charge in [-0.2, -0.15) is 0 Å². The maximum absolute atomic E-state index is 13.7. The molecule has 2 fully saturated rings. The van der Waals surface area contributed by atoms with Crippen molar-refractivity contribution >= 4 is 17.5 Å². The number of carbonyl (C=O) groups excluding carboxylic acids is 1. The summed E-state index contributed by atoms with van der Waals surface area (Å²) >= 11 is 5.86. The summed E-state index contributed by atoms with van der Waals surface area (Å²) in [4.78, 5) is 37.1. The van der Waals surface area contributed by atoms with Gasteiger partial charge in [0.1, 0.15) is 12.3 Å². The Balaban J connectivity index is 1.45. The van der Waals surface area contributed by atoms with Gasteiger partial charge in [0.2, 0.25) is 0 Å². The molecule has 2 atom stereocenters. The van der Waals surface area contributed by atoms with E-state index in [4.69, 9.17) is 16.3 Å². The lowest BCUT2D eigenvalue weighted by Gasteiger charge is -2.38. The summed E-state index contributed by atoms with van der Waals surface area (Å²) in [6, 6.07) is 5.74. The molecule has 1 saturated heterocycles. The molecule has 31 heavy (non-hydrogen) atoms. The Kier molecular flexibility index (Phi) is 5.02. The normalized spacial score (nSPS) is 22.0. The highest BCUT2D eigenvalue weighted by Gasteiger charge is 2.53. The van der Waals surface area contributed by atoms with Gasteiger partial charge in [-0.25, -0.2) is 24.9 Å². The maximum atomic E-state index is 13.7. The maximum Gasteiger partial charge on any atom is 0.316 e. The average Bonchev–Trinajstić information content (AvgIpc) is 3.38. The first-order valence-electron chi connectivity index (χ1n) is 10.2. The lowest BCUT2D eigenvalue weighted by Crippen LogP contribution is -2.52. The number of rotatable bonds is 5. The molecule has 1 aliphatic heterocycles. The van der Waals surface area contributed by atoms with E-state index in [1.54, 1.807) is 18.5 Å². The fourth-order valence-corrected chi connectivity index (χ4v) is 4.71. The van der Waals surface area contributed by atoms with Gasteiger partial charge in [0.15, 0.2) is 5.82 Å². The number of piperidine rings is 1. The van der Waals surface area contributed by atoms with E-state index < -0.39 is 5.54 Å². The van der Waals surface area contributed by atoms with E-state index in [-0.39, 0.29) is 11.9 Å². The monoisotopic (exact) mass is 436 g/mol. The highest BCUT2D eigenvalue weighted by molar-refractivity contribution is 6.30. The molecule has 5 rings (SSSR count). The second-order valence-electron chi connectivity index (χ2n) is 8.14. The van der Waals surface area contributed by atoms with Crippen molar-refractivity contribution in [1.82, 2.24) is 29.8 Å². The first-order chi connectivity index (χ1) is 15.0. The molecule has 1 saturated carbocycles. The highest BCUT2D eigenvalue weighted by atomic mass is 35.5. The number of hydrogen-bond donors (Lipinski definition) is 0. The van der Waals surface area contributed by atoms with Gasteiger partial charge in [0.25, 0.3) is 5.91 Å². The van der Waals surface area contributed by atoms with Crippen molar-refractivity contribution in [1.29, 1.82) is 0 Å². The summed E-state index contributed by atoms with van der Waals surface area (Å²) in [5, 5.41) is 0.449. The first kappa shape index (κ1) is 19.8. The third-order valence-electron chi connectivity index (χ3n) is 6.06. The van der Waals surface area contributed by atoms with Crippen LogP contribution in [0, 0.1) is 12.8 Å². The van der Waals surface area contributed by atoms with E-state index >= 15 is 0 Å². The molecule has 2 unspecified atom stereocenters. The van der Waals surface area contributed by atoms with Crippen LogP contribution in [0.2, 0.25) is 5.02 Å². The van der Waals surface area contributed by atoms with Crippen LogP contribution in [0.4, 0.5) is 0 Å². The molecule has 8 nitrogen and oxygen atoms in total. The second-order valence-corrected chi connectivity index (χ2v) is 8.58. The molecule has 4 heterocycles. The van der Waals surface area contributed by atoms with Crippen molar-refractivity contribution in [3.63, 3.8) is 0 Å². The fourth-order valence-electron chi connectivity index (χ4n) is 4.61. The Bertz CT molecular complexity index is 1110. The largest absolute Gasteiger partial charge is 0.461 e. The molecule has 0 N–H and O–H groups in total. The first-order valence-corrected chi connectivity index (χ1v) is 10.6. The van der Waals surface area contributed by atoms with E-state index in [2.05, 4.69) is 24.9 Å². The predicted molar refractivity (Wildman–Crippen MR) is 114 cm³/mol. The fraction of sp³-hybridized carbons (Fsp3) is 0.364. The number of amides is 1. The Morgan fingerprint density at radius 3 is 2.74 bits per heavy atom. The standard InChI is InChI=1S/C22H21ClN6O2/c1-14-3-4-17(19-24-7-2-8-25-19)18(28-14)20(30)29-12-15-5-6-22(29,9-15)13-31-21-26-10-16(23)11-27-21/h2-4,7-8,10-11,15H,5-6,9,12-13H2,1H3. The number of aryl methyl sites for hydroxylation is 1. The van der Waals surface area contributed by atoms with Gasteiger partial charge in [-0.05, 0) is 50.3 Å². The highest BCUT2D eigenvalue weighted by Crippen LogP contribution is 2.47. The van der Waals surface area contributed by atoms with Crippen LogP contribution in [0.1, 0.15) is 35.4 Å². The van der Waals surface area contributed by atoms with Crippen LogP contribution in [0.25, 0.3) is 11.4 Å². The van der Waals surface area contributed by atoms with Gasteiger partial charge in [0, 0.05) is 24.6 Å². The van der Waals surface area contributed by atoms with Gasteiger partial charge in [-0.1, -0.05) is 11.6 Å². The molecule has 158 valence electrons. The molecule has 2 bridgehead atoms. The summed E-state index contributed by atoms with van der Waals surface area (Å²) < 4.78 is 5.90. The van der Waals surface area contributed by atoms with Crippen LogP contribution < -0.4 is 4.74 Å².